The molecule has 0 unspecified atom stereocenters. The molecule has 0 atom stereocenters. The predicted molar refractivity (Wildman–Crippen MR) is 70.5 cm³/mol. The van der Waals surface area contributed by atoms with Gasteiger partial charge in [-0.1, -0.05) is 0 Å². The van der Waals surface area contributed by atoms with Crippen molar-refractivity contribution in [1.29, 1.82) is 5.26 Å². The number of piperazine rings is 1. The molecule has 1 saturated carbocycles. The van der Waals surface area contributed by atoms with Crippen molar-refractivity contribution in [1.82, 2.24) is 9.88 Å². The molecule has 0 spiro atoms. The molecule has 5 heteroatoms. The lowest BCUT2D eigenvalue weighted by Crippen LogP contribution is -2.49. The SMILES string of the molecule is N#Cc1cc(N2CCN(C(=O)C3CC3)CC2)ccn1. The Morgan fingerprint density at radius 3 is 2.68 bits per heavy atom. The Morgan fingerprint density at radius 1 is 1.32 bits per heavy atom. The number of hydrogen-bond acceptors (Lipinski definition) is 4. The van der Waals surface area contributed by atoms with Crippen LogP contribution in [0.4, 0.5) is 5.69 Å². The monoisotopic (exact) mass is 256 g/mol. The van der Waals surface area contributed by atoms with Crippen LogP contribution in [0.5, 0.6) is 0 Å². The fourth-order valence-corrected chi connectivity index (χ4v) is 2.45. The molecule has 0 radical (unpaired) electrons. The Hall–Kier alpha value is -2.09. The molecule has 0 aromatic carbocycles. The zero-order valence-electron chi connectivity index (χ0n) is 10.7. The van der Waals surface area contributed by atoms with Crippen LogP contribution >= 0.6 is 0 Å². The molecule has 0 N–H and O–H groups in total. The zero-order valence-corrected chi connectivity index (χ0v) is 10.7. The molecule has 1 amide bonds. The van der Waals surface area contributed by atoms with Crippen molar-refractivity contribution in [3.63, 3.8) is 0 Å². The Labute approximate surface area is 112 Å². The normalized spacial score (nSPS) is 19.1. The molecule has 1 aromatic heterocycles. The van der Waals surface area contributed by atoms with E-state index in [0.29, 0.717) is 17.5 Å². The van der Waals surface area contributed by atoms with Crippen molar-refractivity contribution in [2.75, 3.05) is 31.1 Å². The maximum absolute atomic E-state index is 12.0. The summed E-state index contributed by atoms with van der Waals surface area (Å²) in [5.41, 5.74) is 1.46. The van der Waals surface area contributed by atoms with Gasteiger partial charge >= 0.3 is 0 Å². The van der Waals surface area contributed by atoms with Gasteiger partial charge in [-0.05, 0) is 25.0 Å². The van der Waals surface area contributed by atoms with E-state index in [1.54, 1.807) is 12.3 Å². The topological polar surface area (TPSA) is 60.2 Å². The molecule has 1 aliphatic heterocycles. The van der Waals surface area contributed by atoms with Crippen LogP contribution in [0, 0.1) is 17.2 Å². The van der Waals surface area contributed by atoms with E-state index in [9.17, 15) is 4.79 Å². The van der Waals surface area contributed by atoms with Gasteiger partial charge in [0.1, 0.15) is 11.8 Å². The molecule has 2 heterocycles. The quantitative estimate of drug-likeness (QED) is 0.792. The summed E-state index contributed by atoms with van der Waals surface area (Å²) in [4.78, 5) is 20.1. The molecule has 1 aliphatic carbocycles. The summed E-state index contributed by atoms with van der Waals surface area (Å²) in [5.74, 6) is 0.629. The highest BCUT2D eigenvalue weighted by Crippen LogP contribution is 2.31. The Kier molecular flexibility index (Phi) is 3.08. The van der Waals surface area contributed by atoms with Gasteiger partial charge in [0, 0.05) is 44.0 Å². The second kappa shape index (κ2) is 4.88. The molecule has 98 valence electrons. The maximum atomic E-state index is 12.0. The van der Waals surface area contributed by atoms with Crippen LogP contribution in [-0.2, 0) is 4.79 Å². The molecule has 2 fully saturated rings. The van der Waals surface area contributed by atoms with Crippen LogP contribution in [0.3, 0.4) is 0 Å². The van der Waals surface area contributed by atoms with Crippen molar-refractivity contribution < 1.29 is 4.79 Å². The predicted octanol–water partition coefficient (Wildman–Crippen LogP) is 1.01. The third kappa shape index (κ3) is 2.53. The number of aromatic nitrogens is 1. The first-order valence-electron chi connectivity index (χ1n) is 6.68. The number of nitrogens with zero attached hydrogens (tertiary/aromatic N) is 4. The van der Waals surface area contributed by atoms with Gasteiger partial charge in [0.25, 0.3) is 0 Å². The largest absolute Gasteiger partial charge is 0.368 e. The lowest BCUT2D eigenvalue weighted by molar-refractivity contribution is -0.132. The number of carbonyl (C=O) groups is 1. The van der Waals surface area contributed by atoms with E-state index in [-0.39, 0.29) is 0 Å². The minimum Gasteiger partial charge on any atom is -0.368 e. The first kappa shape index (κ1) is 12.0. The van der Waals surface area contributed by atoms with Crippen LogP contribution in [0.2, 0.25) is 0 Å². The Balaban J connectivity index is 1.63. The molecule has 19 heavy (non-hydrogen) atoms. The van der Waals surface area contributed by atoms with E-state index in [0.717, 1.165) is 44.7 Å². The second-order valence-corrected chi connectivity index (χ2v) is 5.10. The minimum absolute atomic E-state index is 0.303. The molecule has 1 saturated heterocycles. The van der Waals surface area contributed by atoms with Crippen molar-refractivity contribution in [2.45, 2.75) is 12.8 Å². The van der Waals surface area contributed by atoms with E-state index in [1.807, 2.05) is 11.0 Å². The van der Waals surface area contributed by atoms with Crippen LogP contribution in [-0.4, -0.2) is 42.0 Å². The summed E-state index contributed by atoms with van der Waals surface area (Å²) in [7, 11) is 0. The Morgan fingerprint density at radius 2 is 2.05 bits per heavy atom. The van der Waals surface area contributed by atoms with Crippen LogP contribution in [0.25, 0.3) is 0 Å². The molecule has 0 bridgehead atoms. The highest BCUT2D eigenvalue weighted by molar-refractivity contribution is 5.81. The molecule has 3 rings (SSSR count). The highest BCUT2D eigenvalue weighted by atomic mass is 16.2. The average Bonchev–Trinajstić information content (AvgIpc) is 3.31. The van der Waals surface area contributed by atoms with E-state index in [2.05, 4.69) is 16.0 Å². The van der Waals surface area contributed by atoms with Crippen molar-refractivity contribution in [3.8, 4) is 6.07 Å². The second-order valence-electron chi connectivity index (χ2n) is 5.10. The third-order valence-electron chi connectivity index (χ3n) is 3.74. The number of pyridine rings is 1. The lowest BCUT2D eigenvalue weighted by Gasteiger charge is -2.36. The first-order valence-corrected chi connectivity index (χ1v) is 6.68. The summed E-state index contributed by atoms with van der Waals surface area (Å²) in [6.45, 7) is 3.21. The molecule has 5 nitrogen and oxygen atoms in total. The van der Waals surface area contributed by atoms with Gasteiger partial charge in [0.15, 0.2) is 0 Å². The van der Waals surface area contributed by atoms with E-state index in [1.165, 1.54) is 0 Å². The summed E-state index contributed by atoms with van der Waals surface area (Å²) < 4.78 is 0. The molecule has 2 aliphatic rings. The van der Waals surface area contributed by atoms with Crippen molar-refractivity contribution in [2.24, 2.45) is 5.92 Å². The van der Waals surface area contributed by atoms with Gasteiger partial charge in [0.2, 0.25) is 5.91 Å². The summed E-state index contributed by atoms with van der Waals surface area (Å²) in [6, 6.07) is 5.77. The van der Waals surface area contributed by atoms with Gasteiger partial charge in [0.05, 0.1) is 0 Å². The number of nitriles is 1. The number of hydrogen-bond donors (Lipinski definition) is 0. The third-order valence-corrected chi connectivity index (χ3v) is 3.74. The fraction of sp³-hybridized carbons (Fsp3) is 0.500. The number of rotatable bonds is 2. The van der Waals surface area contributed by atoms with Crippen LogP contribution in [0.15, 0.2) is 18.3 Å². The van der Waals surface area contributed by atoms with Crippen LogP contribution in [0.1, 0.15) is 18.5 Å². The zero-order chi connectivity index (χ0) is 13.2. The molecule has 1 aromatic rings. The van der Waals surface area contributed by atoms with E-state index in [4.69, 9.17) is 5.26 Å². The van der Waals surface area contributed by atoms with Gasteiger partial charge in [-0.3, -0.25) is 4.79 Å². The van der Waals surface area contributed by atoms with Gasteiger partial charge < -0.3 is 9.80 Å². The maximum Gasteiger partial charge on any atom is 0.225 e. The van der Waals surface area contributed by atoms with E-state index < -0.39 is 0 Å². The minimum atomic E-state index is 0.303. The summed E-state index contributed by atoms with van der Waals surface area (Å²) in [5, 5.41) is 8.86. The number of anilines is 1. The van der Waals surface area contributed by atoms with Crippen LogP contribution < -0.4 is 4.90 Å². The van der Waals surface area contributed by atoms with Gasteiger partial charge in [-0.2, -0.15) is 5.26 Å². The number of carbonyl (C=O) groups excluding carboxylic acids is 1. The highest BCUT2D eigenvalue weighted by Gasteiger charge is 2.34. The smallest absolute Gasteiger partial charge is 0.225 e. The summed E-state index contributed by atoms with van der Waals surface area (Å²) in [6.07, 6.45) is 3.79. The van der Waals surface area contributed by atoms with Crippen molar-refractivity contribution >= 4 is 11.6 Å². The standard InChI is InChI=1S/C14H16N4O/c15-10-12-9-13(3-4-16-12)17-5-7-18(8-6-17)14(19)11-1-2-11/h3-4,9,11H,1-2,5-8H2. The van der Waals surface area contributed by atoms with Crippen molar-refractivity contribution in [3.05, 3.63) is 24.0 Å². The number of amides is 1. The first-order chi connectivity index (χ1) is 9.28. The molecular weight excluding hydrogens is 240 g/mol. The average molecular weight is 256 g/mol. The van der Waals surface area contributed by atoms with Gasteiger partial charge in [-0.15, -0.1) is 0 Å². The fourth-order valence-electron chi connectivity index (χ4n) is 2.45. The van der Waals surface area contributed by atoms with Gasteiger partial charge in [-0.25, -0.2) is 4.98 Å². The van der Waals surface area contributed by atoms with E-state index >= 15 is 0 Å². The Bertz CT molecular complexity index is 524. The lowest BCUT2D eigenvalue weighted by atomic mass is 10.2. The molecular formula is C14H16N4O. The summed E-state index contributed by atoms with van der Waals surface area (Å²) >= 11 is 0.